The lowest BCUT2D eigenvalue weighted by atomic mass is 10.1. The van der Waals surface area contributed by atoms with E-state index < -0.39 is 18.8 Å². The van der Waals surface area contributed by atoms with E-state index in [0.717, 1.165) is 0 Å². The van der Waals surface area contributed by atoms with E-state index in [1.54, 1.807) is 32.0 Å². The third kappa shape index (κ3) is 2.01. The van der Waals surface area contributed by atoms with Gasteiger partial charge in [0.15, 0.2) is 0 Å². The maximum Gasteiger partial charge on any atom is 0.376 e. The number of amides is 1. The number of rotatable bonds is 5. The van der Waals surface area contributed by atoms with Crippen molar-refractivity contribution in [3.63, 3.8) is 0 Å². The molecule has 7 heteroatoms. The number of benzene rings is 1. The van der Waals surface area contributed by atoms with Crippen molar-refractivity contribution in [3.05, 3.63) is 29.8 Å². The van der Waals surface area contributed by atoms with Gasteiger partial charge in [-0.25, -0.2) is 0 Å². The molecule has 0 bridgehead atoms. The molecule has 0 radical (unpaired) electrons. The number of carbonyl (C=O) groups is 1. The predicted molar refractivity (Wildman–Crippen MR) is 69.8 cm³/mol. The van der Waals surface area contributed by atoms with Crippen LogP contribution in [0.15, 0.2) is 24.3 Å². The number of nitrogens with one attached hydrogen (secondary N) is 1. The summed E-state index contributed by atoms with van der Waals surface area (Å²) in [5.41, 5.74) is 0.625. The van der Waals surface area contributed by atoms with Crippen molar-refractivity contribution in [2.45, 2.75) is 19.2 Å². The molecule has 1 aromatic rings. The van der Waals surface area contributed by atoms with Crippen molar-refractivity contribution in [1.82, 2.24) is 0 Å². The highest BCUT2D eigenvalue weighted by molar-refractivity contribution is 7.56. The Labute approximate surface area is 111 Å². The monoisotopic (exact) mass is 285 g/mol. The number of para-hydroxylation sites is 1. The van der Waals surface area contributed by atoms with E-state index in [4.69, 9.17) is 9.05 Å². The first-order valence-electron chi connectivity index (χ1n) is 6.02. The van der Waals surface area contributed by atoms with Gasteiger partial charge < -0.3 is 19.5 Å². The summed E-state index contributed by atoms with van der Waals surface area (Å²) in [6, 6.07) is 6.49. The van der Waals surface area contributed by atoms with E-state index in [2.05, 4.69) is 5.32 Å². The van der Waals surface area contributed by atoms with Crippen LogP contribution in [0.2, 0.25) is 0 Å². The third-order valence-electron chi connectivity index (χ3n) is 2.86. The molecule has 19 heavy (non-hydrogen) atoms. The molecule has 0 spiro atoms. The molecule has 2 rings (SSSR count). The standard InChI is InChI=1S/C12H16NO5P/c1-3-17-19(16,18-4-2)12(15)9-7-5-6-8-10(9)13-11(12)14/h5-8,15H,3-4H2,1-2H3,(H,13,14)/t12-/m0/s1. The fourth-order valence-corrected chi connectivity index (χ4v) is 3.99. The Kier molecular flexibility index (Phi) is 3.78. The van der Waals surface area contributed by atoms with Gasteiger partial charge in [-0.1, -0.05) is 18.2 Å². The number of aliphatic hydroxyl groups is 1. The Bertz CT molecular complexity index is 537. The Hall–Kier alpha value is -1.20. The first-order valence-corrected chi connectivity index (χ1v) is 7.56. The van der Waals surface area contributed by atoms with Crippen LogP contribution in [-0.4, -0.2) is 24.2 Å². The molecule has 1 aromatic carbocycles. The highest BCUT2D eigenvalue weighted by atomic mass is 31.2. The number of hydrogen-bond donors (Lipinski definition) is 2. The molecule has 1 atom stereocenters. The second-order valence-electron chi connectivity index (χ2n) is 4.00. The second-order valence-corrected chi connectivity index (χ2v) is 6.16. The average molecular weight is 285 g/mol. The molecule has 0 aliphatic carbocycles. The molecular formula is C12H16NO5P. The Balaban J connectivity index is 2.57. The molecule has 0 fully saturated rings. The van der Waals surface area contributed by atoms with E-state index in [9.17, 15) is 14.5 Å². The maximum absolute atomic E-state index is 12.8. The number of anilines is 1. The zero-order valence-electron chi connectivity index (χ0n) is 10.8. The van der Waals surface area contributed by atoms with Crippen LogP contribution in [0.3, 0.4) is 0 Å². The minimum atomic E-state index is -4.02. The van der Waals surface area contributed by atoms with Crippen LogP contribution in [-0.2, 0) is 23.7 Å². The molecule has 0 saturated heterocycles. The summed E-state index contributed by atoms with van der Waals surface area (Å²) in [5, 5.41) is 10.9. The molecule has 1 heterocycles. The van der Waals surface area contributed by atoms with Gasteiger partial charge in [-0.05, 0) is 19.9 Å². The largest absolute Gasteiger partial charge is 0.376 e. The molecule has 0 saturated carbocycles. The summed E-state index contributed by atoms with van der Waals surface area (Å²) < 4.78 is 23.0. The number of hydrogen-bond acceptors (Lipinski definition) is 5. The first-order chi connectivity index (χ1) is 8.99. The molecule has 0 unspecified atom stereocenters. The van der Waals surface area contributed by atoms with E-state index in [1.807, 2.05) is 0 Å². The van der Waals surface area contributed by atoms with Crippen molar-refractivity contribution >= 4 is 19.2 Å². The van der Waals surface area contributed by atoms with Crippen molar-refractivity contribution in [1.29, 1.82) is 0 Å². The van der Waals surface area contributed by atoms with Crippen LogP contribution < -0.4 is 5.32 Å². The quantitative estimate of drug-likeness (QED) is 0.809. The molecule has 2 N–H and O–H groups in total. The Morgan fingerprint density at radius 1 is 1.26 bits per heavy atom. The van der Waals surface area contributed by atoms with E-state index in [-0.39, 0.29) is 18.8 Å². The first kappa shape index (κ1) is 14.2. The van der Waals surface area contributed by atoms with Gasteiger partial charge in [0.2, 0.25) is 0 Å². The van der Waals surface area contributed by atoms with Gasteiger partial charge >= 0.3 is 7.60 Å². The van der Waals surface area contributed by atoms with E-state index >= 15 is 0 Å². The van der Waals surface area contributed by atoms with E-state index in [1.165, 1.54) is 6.07 Å². The van der Waals surface area contributed by atoms with Crippen LogP contribution in [0.25, 0.3) is 0 Å². The van der Waals surface area contributed by atoms with Crippen LogP contribution in [0.4, 0.5) is 5.69 Å². The van der Waals surface area contributed by atoms with Gasteiger partial charge in [0, 0.05) is 11.3 Å². The summed E-state index contributed by atoms with van der Waals surface area (Å²) in [6.07, 6.45) is 0. The lowest BCUT2D eigenvalue weighted by molar-refractivity contribution is -0.128. The highest BCUT2D eigenvalue weighted by Crippen LogP contribution is 2.66. The van der Waals surface area contributed by atoms with Crippen molar-refractivity contribution in [3.8, 4) is 0 Å². The molecule has 0 aromatic heterocycles. The van der Waals surface area contributed by atoms with Crippen LogP contribution in [0.5, 0.6) is 0 Å². The molecule has 1 amide bonds. The fraction of sp³-hybridized carbons (Fsp3) is 0.417. The van der Waals surface area contributed by atoms with Gasteiger partial charge in [-0.15, -0.1) is 0 Å². The van der Waals surface area contributed by atoms with Crippen LogP contribution in [0, 0.1) is 0 Å². The lowest BCUT2D eigenvalue weighted by Gasteiger charge is -2.29. The topological polar surface area (TPSA) is 84.9 Å². The fourth-order valence-electron chi connectivity index (χ4n) is 2.06. The minimum absolute atomic E-state index is 0.0645. The SMILES string of the molecule is CCOP(=O)(OCC)[C@]1(O)C(=O)Nc2ccccc21. The zero-order chi connectivity index (χ0) is 14.1. The number of fused-ring (bicyclic) bond motifs is 1. The van der Waals surface area contributed by atoms with Gasteiger partial charge in [0.05, 0.1) is 13.2 Å². The maximum atomic E-state index is 12.8. The van der Waals surface area contributed by atoms with E-state index in [0.29, 0.717) is 5.69 Å². The molecule has 1 aliphatic rings. The lowest BCUT2D eigenvalue weighted by Crippen LogP contribution is -2.35. The molecule has 6 nitrogen and oxygen atoms in total. The Morgan fingerprint density at radius 2 is 1.84 bits per heavy atom. The van der Waals surface area contributed by atoms with Gasteiger partial charge in [-0.3, -0.25) is 9.36 Å². The predicted octanol–water partition coefficient (Wildman–Crippen LogP) is 2.05. The normalized spacial score (nSPS) is 22.2. The van der Waals surface area contributed by atoms with Crippen LogP contribution in [0.1, 0.15) is 19.4 Å². The molecule has 1 aliphatic heterocycles. The summed E-state index contributed by atoms with van der Waals surface area (Å²) >= 11 is 0. The summed E-state index contributed by atoms with van der Waals surface area (Å²) in [7, 11) is -4.02. The third-order valence-corrected chi connectivity index (χ3v) is 5.29. The minimum Gasteiger partial charge on any atom is -0.366 e. The van der Waals surface area contributed by atoms with Gasteiger partial charge in [0.25, 0.3) is 11.2 Å². The van der Waals surface area contributed by atoms with Gasteiger partial charge in [0.1, 0.15) is 0 Å². The highest BCUT2D eigenvalue weighted by Gasteiger charge is 2.61. The van der Waals surface area contributed by atoms with Crippen molar-refractivity contribution in [2.24, 2.45) is 0 Å². The van der Waals surface area contributed by atoms with Crippen molar-refractivity contribution < 1.29 is 23.5 Å². The summed E-state index contributed by atoms with van der Waals surface area (Å²) in [6.45, 7) is 3.37. The molecular weight excluding hydrogens is 269 g/mol. The smallest absolute Gasteiger partial charge is 0.366 e. The number of carbonyl (C=O) groups excluding carboxylic acids is 1. The average Bonchev–Trinajstić information content (AvgIpc) is 2.64. The second kappa shape index (κ2) is 5.06. The summed E-state index contributed by atoms with van der Waals surface area (Å²) in [4.78, 5) is 12.1. The molecule has 104 valence electrons. The van der Waals surface area contributed by atoms with Crippen molar-refractivity contribution in [2.75, 3.05) is 18.5 Å². The summed E-state index contributed by atoms with van der Waals surface area (Å²) in [5.74, 6) is -0.793. The zero-order valence-corrected chi connectivity index (χ0v) is 11.6. The van der Waals surface area contributed by atoms with Gasteiger partial charge in [-0.2, -0.15) is 0 Å². The Morgan fingerprint density at radius 3 is 2.42 bits per heavy atom. The van der Waals surface area contributed by atoms with Crippen LogP contribution >= 0.6 is 7.60 Å².